The highest BCUT2D eigenvalue weighted by molar-refractivity contribution is 5.92. The molecule has 0 heterocycles. The number of alkyl halides is 2. The molecule has 1 atom stereocenters. The first-order valence-corrected chi connectivity index (χ1v) is 7.51. The van der Waals surface area contributed by atoms with Gasteiger partial charge in [0.2, 0.25) is 5.92 Å². The summed E-state index contributed by atoms with van der Waals surface area (Å²) in [5.41, 5.74) is -0.277. The van der Waals surface area contributed by atoms with Crippen molar-refractivity contribution in [2.24, 2.45) is 11.3 Å². The van der Waals surface area contributed by atoms with E-state index in [1.54, 1.807) is 0 Å². The predicted octanol–water partition coefficient (Wildman–Crippen LogP) is 5.04. The molecule has 4 heteroatoms. The molecule has 116 valence electrons. The van der Waals surface area contributed by atoms with Gasteiger partial charge in [0.05, 0.1) is 0 Å². The van der Waals surface area contributed by atoms with E-state index in [2.05, 4.69) is 0 Å². The van der Waals surface area contributed by atoms with Crippen LogP contribution in [-0.2, 0) is 4.79 Å². The van der Waals surface area contributed by atoms with Crippen molar-refractivity contribution in [2.45, 2.75) is 71.6 Å². The van der Waals surface area contributed by atoms with Gasteiger partial charge in [-0.3, -0.25) is 4.79 Å². The lowest BCUT2D eigenvalue weighted by molar-refractivity contribution is -0.119. The quantitative estimate of drug-likeness (QED) is 0.502. The van der Waals surface area contributed by atoms with Gasteiger partial charge in [0.1, 0.15) is 5.76 Å². The van der Waals surface area contributed by atoms with Crippen molar-refractivity contribution in [1.29, 1.82) is 0 Å². The van der Waals surface area contributed by atoms with E-state index >= 15 is 0 Å². The van der Waals surface area contributed by atoms with Crippen LogP contribution in [-0.4, -0.2) is 16.8 Å². The van der Waals surface area contributed by atoms with Gasteiger partial charge in [-0.2, -0.15) is 0 Å². The number of hydrogen-bond acceptors (Lipinski definition) is 2. The van der Waals surface area contributed by atoms with Gasteiger partial charge in [0.15, 0.2) is 5.78 Å². The molecule has 1 unspecified atom stereocenters. The Morgan fingerprint density at radius 3 is 2.40 bits per heavy atom. The van der Waals surface area contributed by atoms with Crippen LogP contribution in [0.1, 0.15) is 65.7 Å². The highest BCUT2D eigenvalue weighted by Crippen LogP contribution is 2.45. The zero-order chi connectivity index (χ0) is 15.4. The second-order valence-corrected chi connectivity index (χ2v) is 6.44. The van der Waals surface area contributed by atoms with E-state index < -0.39 is 11.8 Å². The summed E-state index contributed by atoms with van der Waals surface area (Å²) in [5.74, 6) is -3.23. The van der Waals surface area contributed by atoms with Gasteiger partial charge in [-0.05, 0) is 32.6 Å². The van der Waals surface area contributed by atoms with E-state index in [0.29, 0.717) is 6.42 Å². The van der Waals surface area contributed by atoms with E-state index in [4.69, 9.17) is 0 Å². The van der Waals surface area contributed by atoms with Crippen molar-refractivity contribution >= 4 is 5.78 Å². The van der Waals surface area contributed by atoms with E-state index in [1.807, 2.05) is 13.8 Å². The minimum Gasteiger partial charge on any atom is -0.512 e. The Morgan fingerprint density at radius 1 is 1.40 bits per heavy atom. The molecule has 0 aliphatic heterocycles. The molecule has 0 saturated heterocycles. The molecule has 20 heavy (non-hydrogen) atoms. The molecule has 1 saturated carbocycles. The molecule has 1 fully saturated rings. The number of carbonyl (C=O) groups is 1. The zero-order valence-corrected chi connectivity index (χ0v) is 12.7. The first-order chi connectivity index (χ1) is 9.18. The summed E-state index contributed by atoms with van der Waals surface area (Å²) in [7, 11) is 0. The molecular formula is C16H26F2O2. The zero-order valence-electron chi connectivity index (χ0n) is 12.7. The molecule has 0 aromatic carbocycles. The lowest BCUT2D eigenvalue weighted by Gasteiger charge is -2.37. The summed E-state index contributed by atoms with van der Waals surface area (Å²) >= 11 is 0. The lowest BCUT2D eigenvalue weighted by atomic mass is 9.68. The van der Waals surface area contributed by atoms with Gasteiger partial charge in [0.25, 0.3) is 0 Å². The summed E-state index contributed by atoms with van der Waals surface area (Å²) in [6, 6.07) is 0. The minimum absolute atomic E-state index is 0.123. The largest absolute Gasteiger partial charge is 0.512 e. The second-order valence-electron chi connectivity index (χ2n) is 6.44. The average molecular weight is 288 g/mol. The average Bonchev–Trinajstić information content (AvgIpc) is 2.29. The highest BCUT2D eigenvalue weighted by Gasteiger charge is 2.36. The summed E-state index contributed by atoms with van der Waals surface area (Å²) in [6.45, 7) is 4.75. The van der Waals surface area contributed by atoms with Gasteiger partial charge in [-0.25, -0.2) is 8.78 Å². The van der Waals surface area contributed by atoms with Crippen molar-refractivity contribution in [3.05, 3.63) is 11.8 Å². The van der Waals surface area contributed by atoms with Crippen LogP contribution in [0.3, 0.4) is 0 Å². The molecule has 0 bridgehead atoms. The van der Waals surface area contributed by atoms with Crippen LogP contribution in [0, 0.1) is 11.3 Å². The molecule has 2 nitrogen and oxygen atoms in total. The van der Waals surface area contributed by atoms with E-state index in [9.17, 15) is 18.7 Å². The Labute approximate surface area is 120 Å². The molecular weight excluding hydrogens is 262 g/mol. The van der Waals surface area contributed by atoms with Gasteiger partial charge < -0.3 is 5.11 Å². The molecule has 0 spiro atoms. The van der Waals surface area contributed by atoms with E-state index in [-0.39, 0.29) is 29.8 Å². The topological polar surface area (TPSA) is 37.3 Å². The first kappa shape index (κ1) is 17.1. The fourth-order valence-electron chi connectivity index (χ4n) is 2.60. The van der Waals surface area contributed by atoms with Crippen molar-refractivity contribution in [2.75, 3.05) is 0 Å². The van der Waals surface area contributed by atoms with Crippen LogP contribution >= 0.6 is 0 Å². The number of halogens is 2. The van der Waals surface area contributed by atoms with Gasteiger partial charge in [0, 0.05) is 23.8 Å². The maximum Gasteiger partial charge on any atom is 0.245 e. The van der Waals surface area contributed by atoms with Crippen LogP contribution in [0.2, 0.25) is 0 Å². The van der Waals surface area contributed by atoms with Crippen LogP contribution in [0.4, 0.5) is 8.78 Å². The standard InChI is InChI=1S/C16H26F2O2/c1-4-6-12(7-10-16(3,17)18)13(19)11-14(20)15(2)8-5-9-15/h11-12,20H,4-10H2,1-3H3/b14-11-. The molecule has 1 aliphatic carbocycles. The fourth-order valence-corrected chi connectivity index (χ4v) is 2.60. The molecule has 1 N–H and O–H groups in total. The fraction of sp³-hybridized carbons (Fsp3) is 0.812. The predicted molar refractivity (Wildman–Crippen MR) is 75.9 cm³/mol. The number of hydrogen-bond donors (Lipinski definition) is 1. The SMILES string of the molecule is CCCC(CCC(C)(F)F)C(=O)/C=C(\O)C1(C)CCC1. The van der Waals surface area contributed by atoms with Crippen molar-refractivity contribution in [1.82, 2.24) is 0 Å². The Kier molecular flexibility index (Phi) is 5.72. The third-order valence-electron chi connectivity index (χ3n) is 4.33. The van der Waals surface area contributed by atoms with Crippen molar-refractivity contribution < 1.29 is 18.7 Å². The van der Waals surface area contributed by atoms with Crippen LogP contribution in [0.15, 0.2) is 11.8 Å². The lowest BCUT2D eigenvalue weighted by Crippen LogP contribution is -2.29. The molecule has 0 radical (unpaired) electrons. The third kappa shape index (κ3) is 4.88. The maximum atomic E-state index is 12.9. The molecule has 0 amide bonds. The number of carbonyl (C=O) groups excluding carboxylic acids is 1. The van der Waals surface area contributed by atoms with Gasteiger partial charge >= 0.3 is 0 Å². The number of allylic oxidation sites excluding steroid dienone is 2. The van der Waals surface area contributed by atoms with Crippen LogP contribution in [0.5, 0.6) is 0 Å². The van der Waals surface area contributed by atoms with Gasteiger partial charge in [-0.15, -0.1) is 0 Å². The molecule has 0 aromatic heterocycles. The Morgan fingerprint density at radius 2 is 2.00 bits per heavy atom. The summed E-state index contributed by atoms with van der Waals surface area (Å²) in [4.78, 5) is 12.2. The number of ketones is 1. The maximum absolute atomic E-state index is 12.9. The monoisotopic (exact) mass is 288 g/mol. The number of aliphatic hydroxyl groups is 1. The Hall–Kier alpha value is -0.930. The number of aliphatic hydroxyl groups excluding tert-OH is 1. The smallest absolute Gasteiger partial charge is 0.245 e. The summed E-state index contributed by atoms with van der Waals surface area (Å²) < 4.78 is 25.9. The van der Waals surface area contributed by atoms with E-state index in [0.717, 1.165) is 32.6 Å². The highest BCUT2D eigenvalue weighted by atomic mass is 19.3. The molecule has 1 aliphatic rings. The number of rotatable bonds is 8. The summed E-state index contributed by atoms with van der Waals surface area (Å²) in [6.07, 6.45) is 5.37. The normalized spacial score (nSPS) is 20.4. The molecule has 1 rings (SSSR count). The van der Waals surface area contributed by atoms with Gasteiger partial charge in [-0.1, -0.05) is 26.7 Å². The second kappa shape index (κ2) is 6.68. The third-order valence-corrected chi connectivity index (χ3v) is 4.33. The Bertz CT molecular complexity index is 365. The minimum atomic E-state index is -2.74. The van der Waals surface area contributed by atoms with Crippen LogP contribution < -0.4 is 0 Å². The van der Waals surface area contributed by atoms with Crippen molar-refractivity contribution in [3.63, 3.8) is 0 Å². The first-order valence-electron chi connectivity index (χ1n) is 7.51. The van der Waals surface area contributed by atoms with Crippen molar-refractivity contribution in [3.8, 4) is 0 Å². The summed E-state index contributed by atoms with van der Waals surface area (Å²) in [5, 5.41) is 10.0. The Balaban J connectivity index is 2.66. The molecule has 0 aromatic rings. The van der Waals surface area contributed by atoms with Crippen LogP contribution in [0.25, 0.3) is 0 Å². The van der Waals surface area contributed by atoms with E-state index in [1.165, 1.54) is 6.08 Å².